The van der Waals surface area contributed by atoms with Crippen molar-refractivity contribution in [1.29, 1.82) is 0 Å². The third kappa shape index (κ3) is 6.04. The number of hydrogen-bond acceptors (Lipinski definition) is 10. The maximum absolute atomic E-state index is 12.9. The molecule has 4 rings (SSSR count). The minimum atomic E-state index is -1.50. The van der Waals surface area contributed by atoms with Crippen molar-refractivity contribution in [1.82, 2.24) is 0 Å². The average molecular weight is 590 g/mol. The maximum Gasteiger partial charge on any atom is 0.364 e. The molecule has 41 heavy (non-hydrogen) atoms. The van der Waals surface area contributed by atoms with Crippen LogP contribution in [-0.4, -0.2) is 63.6 Å². The number of aliphatic hydroxyl groups excluding tert-OH is 2. The molecule has 2 heterocycles. The summed E-state index contributed by atoms with van der Waals surface area (Å²) in [6.45, 7) is 7.13. The fourth-order valence-electron chi connectivity index (χ4n) is 4.62. The van der Waals surface area contributed by atoms with Gasteiger partial charge in [0.25, 0.3) is 5.91 Å². The number of phenols is 1. The van der Waals surface area contributed by atoms with E-state index in [1.54, 1.807) is 13.8 Å². The third-order valence-electron chi connectivity index (χ3n) is 6.80. The van der Waals surface area contributed by atoms with E-state index >= 15 is 0 Å². The van der Waals surface area contributed by atoms with Crippen molar-refractivity contribution >= 4 is 34.2 Å². The lowest BCUT2D eigenvalue weighted by atomic mass is 9.89. The number of rotatable bonds is 7. The highest BCUT2D eigenvalue weighted by atomic mass is 35.5. The lowest BCUT2D eigenvalue weighted by molar-refractivity contribution is -0.305. The molecule has 4 atom stereocenters. The van der Waals surface area contributed by atoms with E-state index in [2.05, 4.69) is 5.32 Å². The number of halogens is 1. The largest absolute Gasteiger partial charge is 0.508 e. The molecule has 0 aliphatic carbocycles. The van der Waals surface area contributed by atoms with E-state index in [4.69, 9.17) is 30.2 Å². The van der Waals surface area contributed by atoms with Crippen molar-refractivity contribution in [3.05, 3.63) is 68.6 Å². The maximum atomic E-state index is 12.9. The Morgan fingerprint density at radius 2 is 1.85 bits per heavy atom. The SMILES string of the molecule is CO[C@@H]1[C@@H](O)[C@@H](O)[C@H](Oc2ccc3c(O)c(NC(=O)c4ccc(O)c(CC=C(C)C)c4)c(=O)oc3c2Cl)OC1(C)C. The van der Waals surface area contributed by atoms with Gasteiger partial charge >= 0.3 is 5.63 Å². The predicted octanol–water partition coefficient (Wildman–Crippen LogP) is 3.87. The molecule has 11 nitrogen and oxygen atoms in total. The van der Waals surface area contributed by atoms with Crippen molar-refractivity contribution in [2.24, 2.45) is 0 Å². The van der Waals surface area contributed by atoms with E-state index in [9.17, 15) is 30.0 Å². The molecule has 1 fully saturated rings. The molecule has 0 radical (unpaired) electrons. The number of fused-ring (bicyclic) bond motifs is 1. The van der Waals surface area contributed by atoms with Crippen LogP contribution in [0, 0.1) is 0 Å². The van der Waals surface area contributed by atoms with Crippen LogP contribution in [-0.2, 0) is 15.9 Å². The molecule has 1 aliphatic heterocycles. The summed E-state index contributed by atoms with van der Waals surface area (Å²) in [5.41, 5.74) is -1.18. The van der Waals surface area contributed by atoms with Gasteiger partial charge < -0.3 is 44.4 Å². The third-order valence-corrected chi connectivity index (χ3v) is 7.16. The highest BCUT2D eigenvalue weighted by Crippen LogP contribution is 2.40. The van der Waals surface area contributed by atoms with Crippen LogP contribution in [0.4, 0.5) is 5.69 Å². The van der Waals surface area contributed by atoms with E-state index in [1.807, 2.05) is 19.9 Å². The number of anilines is 1. The monoisotopic (exact) mass is 589 g/mol. The minimum absolute atomic E-state index is 0.00266. The van der Waals surface area contributed by atoms with Crippen LogP contribution in [0.3, 0.4) is 0 Å². The number of nitrogens with one attached hydrogen (secondary N) is 1. The molecule has 1 amide bonds. The van der Waals surface area contributed by atoms with Crippen molar-refractivity contribution in [3.8, 4) is 17.2 Å². The molecule has 1 aromatic heterocycles. The summed E-state index contributed by atoms with van der Waals surface area (Å²) >= 11 is 6.45. The van der Waals surface area contributed by atoms with E-state index in [0.29, 0.717) is 12.0 Å². The van der Waals surface area contributed by atoms with Crippen LogP contribution in [0.1, 0.15) is 43.6 Å². The molecule has 220 valence electrons. The number of carbonyl (C=O) groups excluding carboxylic acids is 1. The van der Waals surface area contributed by atoms with Gasteiger partial charge in [0.1, 0.15) is 34.8 Å². The summed E-state index contributed by atoms with van der Waals surface area (Å²) < 4.78 is 22.1. The molecule has 3 aromatic rings. The molecular weight excluding hydrogens is 558 g/mol. The molecule has 0 bridgehead atoms. The molecule has 0 unspecified atom stereocenters. The van der Waals surface area contributed by atoms with Crippen molar-refractivity contribution in [2.45, 2.75) is 64.3 Å². The lowest BCUT2D eigenvalue weighted by Gasteiger charge is -2.46. The number of carbonyl (C=O) groups is 1. The molecular formula is C29H32ClNO10. The minimum Gasteiger partial charge on any atom is -0.508 e. The molecule has 2 aromatic carbocycles. The van der Waals surface area contributed by atoms with E-state index < -0.39 is 53.2 Å². The van der Waals surface area contributed by atoms with Crippen molar-refractivity contribution in [2.75, 3.05) is 12.4 Å². The Hall–Kier alpha value is -3.61. The highest BCUT2D eigenvalue weighted by molar-refractivity contribution is 6.36. The zero-order chi connectivity index (χ0) is 30.2. The van der Waals surface area contributed by atoms with Gasteiger partial charge in [-0.15, -0.1) is 0 Å². The number of aromatic hydroxyl groups is 2. The number of allylic oxidation sites excluding steroid dienone is 2. The van der Waals surface area contributed by atoms with E-state index in [0.717, 1.165) is 5.57 Å². The van der Waals surface area contributed by atoms with Gasteiger partial charge in [-0.05, 0) is 70.0 Å². The molecule has 5 N–H and O–H groups in total. The van der Waals surface area contributed by atoms with Gasteiger partial charge in [-0.3, -0.25) is 4.79 Å². The number of aliphatic hydroxyl groups is 2. The van der Waals surface area contributed by atoms with Gasteiger partial charge in [-0.25, -0.2) is 4.79 Å². The van der Waals surface area contributed by atoms with Crippen LogP contribution in [0.15, 0.2) is 51.2 Å². The van der Waals surface area contributed by atoms with Crippen LogP contribution in [0.2, 0.25) is 5.02 Å². The zero-order valence-electron chi connectivity index (χ0n) is 23.1. The second-order valence-electron chi connectivity index (χ2n) is 10.5. The van der Waals surface area contributed by atoms with Crippen molar-refractivity contribution in [3.63, 3.8) is 0 Å². The summed E-state index contributed by atoms with van der Waals surface area (Å²) in [6.07, 6.45) is -2.74. The highest BCUT2D eigenvalue weighted by Gasteiger charge is 2.50. The number of ether oxygens (including phenoxy) is 3. The zero-order valence-corrected chi connectivity index (χ0v) is 23.9. The smallest absolute Gasteiger partial charge is 0.364 e. The quantitative estimate of drug-likeness (QED) is 0.201. The van der Waals surface area contributed by atoms with E-state index in [1.165, 1.54) is 37.4 Å². The first-order chi connectivity index (χ1) is 19.2. The normalized spacial score (nSPS) is 21.9. The van der Waals surface area contributed by atoms with Crippen molar-refractivity contribution < 1.29 is 43.8 Å². The topological polar surface area (TPSA) is 168 Å². The molecule has 1 saturated heterocycles. The first kappa shape index (κ1) is 30.4. The summed E-state index contributed by atoms with van der Waals surface area (Å²) in [7, 11) is 1.38. The summed E-state index contributed by atoms with van der Waals surface area (Å²) in [6, 6.07) is 6.93. The van der Waals surface area contributed by atoms with Gasteiger partial charge in [0.05, 0.1) is 11.0 Å². The Morgan fingerprint density at radius 3 is 2.51 bits per heavy atom. The number of amides is 1. The predicted molar refractivity (Wildman–Crippen MR) is 151 cm³/mol. The van der Waals surface area contributed by atoms with Crippen LogP contribution in [0.25, 0.3) is 11.0 Å². The van der Waals surface area contributed by atoms with Gasteiger partial charge in [-0.1, -0.05) is 23.3 Å². The first-order valence-corrected chi connectivity index (χ1v) is 13.1. The fourth-order valence-corrected chi connectivity index (χ4v) is 4.87. The molecule has 1 aliphatic rings. The average Bonchev–Trinajstić information content (AvgIpc) is 2.90. The second-order valence-corrected chi connectivity index (χ2v) is 10.9. The van der Waals surface area contributed by atoms with Gasteiger partial charge in [0.2, 0.25) is 6.29 Å². The summed E-state index contributed by atoms with van der Waals surface area (Å²) in [5.74, 6) is -1.35. The Kier molecular flexibility index (Phi) is 8.67. The number of phenolic OH excluding ortho intramolecular Hbond substituents is 1. The Balaban J connectivity index is 1.62. The van der Waals surface area contributed by atoms with E-state index in [-0.39, 0.29) is 33.1 Å². The van der Waals surface area contributed by atoms with Crippen LogP contribution >= 0.6 is 11.6 Å². The molecule has 12 heteroatoms. The van der Waals surface area contributed by atoms with Gasteiger partial charge in [0.15, 0.2) is 17.0 Å². The second kappa shape index (κ2) is 11.7. The summed E-state index contributed by atoms with van der Waals surface area (Å²) in [4.78, 5) is 25.8. The summed E-state index contributed by atoms with van der Waals surface area (Å²) in [5, 5.41) is 44.2. The Morgan fingerprint density at radius 1 is 1.15 bits per heavy atom. The van der Waals surface area contributed by atoms with Crippen LogP contribution < -0.4 is 15.7 Å². The van der Waals surface area contributed by atoms with Gasteiger partial charge in [0, 0.05) is 12.7 Å². The molecule has 0 saturated carbocycles. The number of methoxy groups -OCH3 is 1. The lowest BCUT2D eigenvalue weighted by Crippen LogP contribution is -2.63. The Labute approximate surface area is 240 Å². The number of hydrogen-bond donors (Lipinski definition) is 5. The standard InChI is InChI=1S/C29H32ClNO10/c1-13(2)6-7-14-12-15(8-10-17(14)32)26(36)31-20-21(33)16-9-11-18(19(30)24(16)40-27(20)37)39-28-23(35)22(34)25(38-5)29(3,4)41-28/h6,8-12,22-23,25,28,32-35H,7H2,1-5H3,(H,31,36)/t22-,23+,25+,28+/m0/s1. The molecule has 0 spiro atoms. The Bertz CT molecular complexity index is 1560. The van der Waals surface area contributed by atoms with Gasteiger partial charge in [-0.2, -0.15) is 0 Å². The first-order valence-electron chi connectivity index (χ1n) is 12.7. The van der Waals surface area contributed by atoms with Crippen LogP contribution in [0.5, 0.6) is 17.2 Å². The number of benzene rings is 2. The fraction of sp³-hybridized carbons (Fsp3) is 0.379.